The molecule has 5 N–H and O–H groups in total. The van der Waals surface area contributed by atoms with Crippen LogP contribution in [0.1, 0.15) is 45.2 Å². The number of amides is 3. The maximum atomic E-state index is 13.7. The summed E-state index contributed by atoms with van der Waals surface area (Å²) < 4.78 is 11.8. The number of alkyl carbamates (subject to hydrolysis) is 1. The van der Waals surface area contributed by atoms with Gasteiger partial charge in [-0.2, -0.15) is 0 Å². The number of pyridine rings is 1. The van der Waals surface area contributed by atoms with Gasteiger partial charge in [-0.1, -0.05) is 13.0 Å². The van der Waals surface area contributed by atoms with Crippen molar-refractivity contribution in [2.75, 3.05) is 39.3 Å². The molecule has 3 amide bonds. The van der Waals surface area contributed by atoms with Gasteiger partial charge < -0.3 is 35.0 Å². The highest BCUT2D eigenvalue weighted by Gasteiger charge is 2.60. The molecule has 3 heterocycles. The average Bonchev–Trinajstić information content (AvgIpc) is 2.99. The Morgan fingerprint density at radius 3 is 2.29 bits per heavy atom. The van der Waals surface area contributed by atoms with Gasteiger partial charge in [-0.3, -0.25) is 25.3 Å². The Labute approximate surface area is 262 Å². The predicted octanol–water partition coefficient (Wildman–Crippen LogP) is 1.30. The lowest BCUT2D eigenvalue weighted by Gasteiger charge is -2.54. The van der Waals surface area contributed by atoms with E-state index in [-0.39, 0.29) is 44.3 Å². The molecule has 242 valence electrons. The molecule has 0 saturated carbocycles. The normalized spacial score (nSPS) is 18.4. The number of carbonyl (C=O) groups is 4. The van der Waals surface area contributed by atoms with Crippen LogP contribution in [-0.4, -0.2) is 107 Å². The number of hydrogen-bond donors (Lipinski definition) is 5. The molecule has 2 aliphatic heterocycles. The van der Waals surface area contributed by atoms with E-state index in [4.69, 9.17) is 14.9 Å². The third-order valence-corrected chi connectivity index (χ3v) is 7.66. The van der Waals surface area contributed by atoms with Gasteiger partial charge in [0.2, 0.25) is 11.8 Å². The van der Waals surface area contributed by atoms with E-state index in [0.717, 1.165) is 0 Å². The van der Waals surface area contributed by atoms with E-state index in [1.54, 1.807) is 63.4 Å². The van der Waals surface area contributed by atoms with E-state index >= 15 is 0 Å². The van der Waals surface area contributed by atoms with Crippen LogP contribution in [-0.2, 0) is 24.7 Å². The fourth-order valence-electron chi connectivity index (χ4n) is 5.87. The maximum Gasteiger partial charge on any atom is 0.413 e. The van der Waals surface area contributed by atoms with Crippen LogP contribution in [0.15, 0.2) is 48.8 Å². The predicted molar refractivity (Wildman–Crippen MR) is 164 cm³/mol. The molecule has 14 nitrogen and oxygen atoms in total. The summed E-state index contributed by atoms with van der Waals surface area (Å²) in [5.74, 6) is -1.86. The van der Waals surface area contributed by atoms with Gasteiger partial charge in [0, 0.05) is 49.7 Å². The number of benzene rings is 1. The number of carboxylic acid groups (broad SMARTS) is 1. The number of aliphatic carboxylic acids is 1. The number of hydrogen-bond acceptors (Lipinski definition) is 10. The lowest BCUT2D eigenvalue weighted by atomic mass is 9.74. The van der Waals surface area contributed by atoms with E-state index in [9.17, 15) is 24.3 Å². The Bertz CT molecular complexity index is 1400. The van der Waals surface area contributed by atoms with Crippen LogP contribution in [0.5, 0.6) is 5.75 Å². The van der Waals surface area contributed by atoms with E-state index in [1.165, 1.54) is 16.0 Å². The third kappa shape index (κ3) is 7.40. The number of carbonyl (C=O) groups excluding carboxylic acids is 3. The average molecular weight is 624 g/mol. The van der Waals surface area contributed by atoms with Crippen molar-refractivity contribution in [1.29, 1.82) is 5.41 Å². The molecule has 3 atom stereocenters. The van der Waals surface area contributed by atoms with Gasteiger partial charge in [0.1, 0.15) is 28.8 Å². The van der Waals surface area contributed by atoms with E-state index < -0.39 is 41.3 Å². The Balaban J connectivity index is 1.79. The first-order chi connectivity index (χ1) is 21.4. The van der Waals surface area contributed by atoms with Crippen LogP contribution >= 0.6 is 0 Å². The molecule has 1 aromatic carbocycles. The summed E-state index contributed by atoms with van der Waals surface area (Å²) >= 11 is 0. The smallest absolute Gasteiger partial charge is 0.413 e. The molecule has 2 aliphatic rings. The third-order valence-electron chi connectivity index (χ3n) is 7.66. The largest absolute Gasteiger partial charge is 0.488 e. The lowest BCUT2D eigenvalue weighted by molar-refractivity contribution is -0.173. The number of nitrogens with zero attached hydrogens (tertiary/aromatic N) is 3. The van der Waals surface area contributed by atoms with E-state index in [1.807, 2.05) is 6.92 Å². The van der Waals surface area contributed by atoms with Crippen LogP contribution in [0.3, 0.4) is 0 Å². The van der Waals surface area contributed by atoms with Crippen LogP contribution in [0.25, 0.3) is 0 Å². The fraction of sp³-hybridized carbons (Fsp3) is 0.484. The zero-order chi connectivity index (χ0) is 32.8. The molecule has 0 spiro atoms. The van der Waals surface area contributed by atoms with Crippen LogP contribution < -0.4 is 20.7 Å². The second-order valence-electron chi connectivity index (χ2n) is 11.8. The zero-order valence-electron chi connectivity index (χ0n) is 26.0. The molecule has 3 unspecified atom stereocenters. The number of nitrogens with one attached hydrogen (secondary N) is 4. The van der Waals surface area contributed by atoms with Crippen LogP contribution in [0.4, 0.5) is 4.79 Å². The van der Waals surface area contributed by atoms with Crippen molar-refractivity contribution in [3.8, 4) is 5.75 Å². The van der Waals surface area contributed by atoms with E-state index in [0.29, 0.717) is 30.0 Å². The second kappa shape index (κ2) is 14.0. The first-order valence-electron chi connectivity index (χ1n) is 14.9. The Hall–Kier alpha value is -4.56. The molecule has 45 heavy (non-hydrogen) atoms. The molecule has 1 aromatic heterocycles. The van der Waals surface area contributed by atoms with Crippen molar-refractivity contribution in [3.63, 3.8) is 0 Å². The molecule has 2 fully saturated rings. The minimum atomic E-state index is -1.68. The summed E-state index contributed by atoms with van der Waals surface area (Å²) in [5, 5.41) is 27.6. The van der Waals surface area contributed by atoms with Crippen molar-refractivity contribution < 1.29 is 33.8 Å². The summed E-state index contributed by atoms with van der Waals surface area (Å²) in [6, 6.07) is 8.24. The molecule has 0 aliphatic carbocycles. The highest BCUT2D eigenvalue weighted by molar-refractivity contribution is 6.04. The Kier molecular flexibility index (Phi) is 10.4. The summed E-state index contributed by atoms with van der Waals surface area (Å²) in [7, 11) is 0. The van der Waals surface area contributed by atoms with Gasteiger partial charge in [-0.05, 0) is 57.5 Å². The SMILES string of the molecule is CCC(Oc1ccc(C(=N)NC(=O)OC(C)(C)C)cc1)C(c1cccnc1)(C(C(=O)O)N1CCNCC1=O)N1CCNCC1=O. The van der Waals surface area contributed by atoms with Crippen LogP contribution in [0, 0.1) is 5.41 Å². The summed E-state index contributed by atoms with van der Waals surface area (Å²) in [5.41, 5.74) is -1.60. The van der Waals surface area contributed by atoms with Gasteiger partial charge >= 0.3 is 12.1 Å². The Morgan fingerprint density at radius 2 is 1.73 bits per heavy atom. The first kappa shape index (κ1) is 33.3. The molecule has 0 bridgehead atoms. The summed E-state index contributed by atoms with van der Waals surface area (Å²) in [6.07, 6.45) is 1.62. The highest BCUT2D eigenvalue weighted by atomic mass is 16.6. The number of amidine groups is 1. The van der Waals surface area contributed by atoms with Crippen molar-refractivity contribution in [2.24, 2.45) is 0 Å². The van der Waals surface area contributed by atoms with Crippen molar-refractivity contribution >= 4 is 29.7 Å². The van der Waals surface area contributed by atoms with Gasteiger partial charge in [-0.25, -0.2) is 9.59 Å². The number of piperazine rings is 2. The van der Waals surface area contributed by atoms with Crippen molar-refractivity contribution in [2.45, 2.75) is 57.4 Å². The topological polar surface area (TPSA) is 186 Å². The standard InChI is InChI=1S/C31H41N7O7/c1-5-23(44-22-10-8-20(9-11-22)27(32)36-29(43)45-30(2,3)4)31(21-7-6-12-33-17-21,38-16-14-35-19-25(38)40)26(28(41)42)37-15-13-34-18-24(37)39/h6-12,17,23,26,34-35H,5,13-16,18-19H2,1-4H3,(H,41,42)(H2,32,36,43). The second-order valence-corrected chi connectivity index (χ2v) is 11.8. The molecule has 2 saturated heterocycles. The van der Waals surface area contributed by atoms with Crippen molar-refractivity contribution in [3.05, 3.63) is 59.9 Å². The quantitative estimate of drug-likeness (QED) is 0.191. The lowest BCUT2D eigenvalue weighted by Crippen LogP contribution is -2.74. The Morgan fingerprint density at radius 1 is 1.07 bits per heavy atom. The molecule has 2 aromatic rings. The number of aromatic nitrogens is 1. The first-order valence-corrected chi connectivity index (χ1v) is 14.9. The maximum absolute atomic E-state index is 13.7. The monoisotopic (exact) mass is 623 g/mol. The molecule has 4 rings (SSSR count). The van der Waals surface area contributed by atoms with E-state index in [2.05, 4.69) is 20.9 Å². The minimum Gasteiger partial charge on any atom is -0.488 e. The van der Waals surface area contributed by atoms with Crippen LogP contribution in [0.2, 0.25) is 0 Å². The fourth-order valence-corrected chi connectivity index (χ4v) is 5.87. The molecule has 14 heteroatoms. The number of carboxylic acids is 1. The van der Waals surface area contributed by atoms with Gasteiger partial charge in [-0.15, -0.1) is 0 Å². The number of ether oxygens (including phenoxy) is 2. The summed E-state index contributed by atoms with van der Waals surface area (Å²) in [6.45, 7) is 8.03. The molecular weight excluding hydrogens is 582 g/mol. The molecular formula is C31H41N7O7. The molecule has 0 radical (unpaired) electrons. The van der Waals surface area contributed by atoms with Gasteiger partial charge in [0.15, 0.2) is 6.04 Å². The van der Waals surface area contributed by atoms with Crippen molar-refractivity contribution in [1.82, 2.24) is 30.7 Å². The zero-order valence-corrected chi connectivity index (χ0v) is 26.0. The van der Waals surface area contributed by atoms with Gasteiger partial charge in [0.05, 0.1) is 13.1 Å². The number of rotatable bonds is 10. The minimum absolute atomic E-state index is 0.0122. The van der Waals surface area contributed by atoms with Gasteiger partial charge in [0.25, 0.3) is 0 Å². The summed E-state index contributed by atoms with van der Waals surface area (Å²) in [4.78, 5) is 59.6. The highest BCUT2D eigenvalue weighted by Crippen LogP contribution is 2.42.